The number of nitrogens with one attached hydrogen (secondary N) is 1. The third-order valence-electron chi connectivity index (χ3n) is 4.10. The third kappa shape index (κ3) is 3.82. The van der Waals surface area contributed by atoms with Crippen molar-refractivity contribution in [3.05, 3.63) is 77.3 Å². The lowest BCUT2D eigenvalue weighted by Crippen LogP contribution is -2.11. The highest BCUT2D eigenvalue weighted by molar-refractivity contribution is 6.31. The van der Waals surface area contributed by atoms with Gasteiger partial charge >= 0.3 is 0 Å². The summed E-state index contributed by atoms with van der Waals surface area (Å²) in [5.41, 5.74) is 3.36. The van der Waals surface area contributed by atoms with Gasteiger partial charge in [-0.3, -0.25) is 4.79 Å². The second-order valence-corrected chi connectivity index (χ2v) is 6.52. The van der Waals surface area contributed by atoms with E-state index in [2.05, 4.69) is 15.5 Å². The van der Waals surface area contributed by atoms with E-state index < -0.39 is 0 Å². The Hall–Kier alpha value is -3.38. The van der Waals surface area contributed by atoms with Gasteiger partial charge in [0.05, 0.1) is 12.3 Å². The van der Waals surface area contributed by atoms with Crippen molar-refractivity contribution in [3.8, 4) is 11.4 Å². The molecule has 6 nitrogen and oxygen atoms in total. The van der Waals surface area contributed by atoms with E-state index in [4.69, 9.17) is 16.3 Å². The van der Waals surface area contributed by atoms with Gasteiger partial charge in [0.1, 0.15) is 16.8 Å². The van der Waals surface area contributed by atoms with Crippen LogP contribution in [0.1, 0.15) is 17.3 Å². The van der Waals surface area contributed by atoms with Crippen molar-refractivity contribution in [1.82, 2.24) is 15.0 Å². The third-order valence-corrected chi connectivity index (χ3v) is 4.34. The van der Waals surface area contributed by atoms with Crippen LogP contribution < -0.4 is 10.1 Å². The number of nitrogens with zero attached hydrogens (tertiary/aromatic N) is 3. The highest BCUT2D eigenvalue weighted by atomic mass is 35.5. The normalized spacial score (nSPS) is 10.8. The summed E-state index contributed by atoms with van der Waals surface area (Å²) in [4.78, 5) is 13.9. The Morgan fingerprint density at radius 2 is 1.82 bits per heavy atom. The Labute approximate surface area is 166 Å². The highest BCUT2D eigenvalue weighted by Gasteiger charge is 2.10. The fourth-order valence-electron chi connectivity index (χ4n) is 2.78. The lowest BCUT2D eigenvalue weighted by Gasteiger charge is -2.05. The molecule has 0 radical (unpaired) electrons. The van der Waals surface area contributed by atoms with Crippen molar-refractivity contribution in [3.63, 3.8) is 0 Å². The number of benzene rings is 3. The predicted octanol–water partition coefficient (Wildman–Crippen LogP) is 4.72. The van der Waals surface area contributed by atoms with Crippen LogP contribution in [0.5, 0.6) is 5.75 Å². The number of fused-ring (bicyclic) bond motifs is 1. The summed E-state index contributed by atoms with van der Waals surface area (Å²) in [5.74, 6) is 0.565. The number of hydrogen-bond acceptors (Lipinski definition) is 4. The number of hydrogen-bond donors (Lipinski definition) is 1. The van der Waals surface area contributed by atoms with Gasteiger partial charge < -0.3 is 10.1 Å². The van der Waals surface area contributed by atoms with Gasteiger partial charge in [-0.2, -0.15) is 4.80 Å². The van der Waals surface area contributed by atoms with E-state index in [1.807, 2.05) is 37.3 Å². The maximum Gasteiger partial charge on any atom is 0.255 e. The molecule has 3 aromatic carbocycles. The maximum absolute atomic E-state index is 12.4. The molecule has 4 aromatic rings. The van der Waals surface area contributed by atoms with Crippen LogP contribution in [0.3, 0.4) is 0 Å². The summed E-state index contributed by atoms with van der Waals surface area (Å²) in [6.45, 7) is 2.56. The molecule has 0 spiro atoms. The van der Waals surface area contributed by atoms with E-state index in [-0.39, 0.29) is 5.91 Å². The number of carbonyl (C=O) groups is 1. The molecule has 0 unspecified atom stereocenters. The molecule has 7 heteroatoms. The molecule has 1 heterocycles. The van der Waals surface area contributed by atoms with E-state index in [0.717, 1.165) is 17.0 Å². The molecule has 0 aliphatic rings. The van der Waals surface area contributed by atoms with Gasteiger partial charge in [0.25, 0.3) is 5.91 Å². The van der Waals surface area contributed by atoms with Crippen LogP contribution in [0.4, 0.5) is 5.69 Å². The van der Waals surface area contributed by atoms with Gasteiger partial charge in [-0.25, -0.2) is 0 Å². The molecule has 28 heavy (non-hydrogen) atoms. The summed E-state index contributed by atoms with van der Waals surface area (Å²) < 4.78 is 5.45. The topological polar surface area (TPSA) is 69.0 Å². The highest BCUT2D eigenvalue weighted by Crippen LogP contribution is 2.20. The quantitative estimate of drug-likeness (QED) is 0.533. The average molecular weight is 393 g/mol. The van der Waals surface area contributed by atoms with Crippen LogP contribution in [0.2, 0.25) is 5.02 Å². The smallest absolute Gasteiger partial charge is 0.255 e. The molecule has 0 aliphatic carbocycles. The zero-order chi connectivity index (χ0) is 19.5. The average Bonchev–Trinajstić information content (AvgIpc) is 3.12. The van der Waals surface area contributed by atoms with Gasteiger partial charge in [0.2, 0.25) is 0 Å². The first kappa shape index (κ1) is 18.0. The minimum absolute atomic E-state index is 0.235. The summed E-state index contributed by atoms with van der Waals surface area (Å²) in [6, 6.07) is 19.7. The van der Waals surface area contributed by atoms with Crippen molar-refractivity contribution >= 4 is 34.2 Å². The summed E-state index contributed by atoms with van der Waals surface area (Å²) in [7, 11) is 0. The molecule has 0 atom stereocenters. The lowest BCUT2D eigenvalue weighted by molar-refractivity contribution is 0.102. The van der Waals surface area contributed by atoms with Crippen molar-refractivity contribution in [2.24, 2.45) is 0 Å². The minimum atomic E-state index is -0.235. The van der Waals surface area contributed by atoms with Gasteiger partial charge in [0.15, 0.2) is 0 Å². The Morgan fingerprint density at radius 1 is 1.04 bits per heavy atom. The molecule has 4 rings (SSSR count). The molecule has 0 aliphatic heterocycles. The van der Waals surface area contributed by atoms with Crippen molar-refractivity contribution in [2.45, 2.75) is 6.92 Å². The molecular weight excluding hydrogens is 376 g/mol. The maximum atomic E-state index is 12.4. The Balaban J connectivity index is 1.57. The first-order chi connectivity index (χ1) is 13.6. The lowest BCUT2D eigenvalue weighted by atomic mass is 10.2. The second-order valence-electron chi connectivity index (χ2n) is 6.08. The largest absolute Gasteiger partial charge is 0.494 e. The van der Waals surface area contributed by atoms with Crippen LogP contribution in [0.25, 0.3) is 16.7 Å². The van der Waals surface area contributed by atoms with Gasteiger partial charge in [-0.1, -0.05) is 17.7 Å². The molecule has 0 saturated heterocycles. The molecule has 0 bridgehead atoms. The Kier molecular flexibility index (Phi) is 4.95. The molecule has 0 fully saturated rings. The summed E-state index contributed by atoms with van der Waals surface area (Å²) in [6.07, 6.45) is 0. The number of halogens is 1. The molecule has 1 aromatic heterocycles. The monoisotopic (exact) mass is 392 g/mol. The Bertz CT molecular complexity index is 1140. The van der Waals surface area contributed by atoms with Crippen molar-refractivity contribution < 1.29 is 9.53 Å². The number of aromatic nitrogens is 3. The summed E-state index contributed by atoms with van der Waals surface area (Å²) in [5, 5.41) is 12.4. The van der Waals surface area contributed by atoms with E-state index in [9.17, 15) is 4.79 Å². The number of amides is 1. The van der Waals surface area contributed by atoms with E-state index in [1.165, 1.54) is 0 Å². The van der Waals surface area contributed by atoms with Crippen LogP contribution >= 0.6 is 11.6 Å². The molecule has 1 N–H and O–H groups in total. The molecule has 0 saturated carbocycles. The predicted molar refractivity (Wildman–Crippen MR) is 109 cm³/mol. The number of rotatable bonds is 5. The van der Waals surface area contributed by atoms with Crippen molar-refractivity contribution in [1.29, 1.82) is 0 Å². The summed E-state index contributed by atoms with van der Waals surface area (Å²) >= 11 is 5.95. The first-order valence-electron chi connectivity index (χ1n) is 8.79. The first-order valence-corrected chi connectivity index (χ1v) is 9.17. The number of carbonyl (C=O) groups excluding carboxylic acids is 1. The van der Waals surface area contributed by atoms with Crippen LogP contribution in [0, 0.1) is 0 Å². The van der Waals surface area contributed by atoms with Crippen LogP contribution in [0.15, 0.2) is 66.7 Å². The standard InChI is InChI=1S/C21H17ClN4O2/c1-2-28-18-9-7-17(8-10-18)26-24-19-11-6-16(13-20(19)25-26)23-21(27)14-4-3-5-15(22)12-14/h3-13H,2H2,1H3,(H,23,27). The van der Waals surface area contributed by atoms with Gasteiger partial charge in [-0.15, -0.1) is 10.2 Å². The molecule has 140 valence electrons. The zero-order valence-corrected chi connectivity index (χ0v) is 15.8. The van der Waals surface area contributed by atoms with E-state index in [1.54, 1.807) is 41.2 Å². The van der Waals surface area contributed by atoms with E-state index >= 15 is 0 Å². The van der Waals surface area contributed by atoms with E-state index in [0.29, 0.717) is 28.4 Å². The molecular formula is C21H17ClN4O2. The minimum Gasteiger partial charge on any atom is -0.494 e. The van der Waals surface area contributed by atoms with Gasteiger partial charge in [-0.05, 0) is 67.6 Å². The fourth-order valence-corrected chi connectivity index (χ4v) is 2.97. The SMILES string of the molecule is CCOc1ccc(-n2nc3ccc(NC(=O)c4cccc(Cl)c4)cc3n2)cc1. The zero-order valence-electron chi connectivity index (χ0n) is 15.1. The number of ether oxygens (including phenoxy) is 1. The van der Waals surface area contributed by atoms with Crippen LogP contribution in [-0.4, -0.2) is 27.5 Å². The second kappa shape index (κ2) is 7.70. The van der Waals surface area contributed by atoms with Crippen LogP contribution in [-0.2, 0) is 0 Å². The molecule has 1 amide bonds. The van der Waals surface area contributed by atoms with Gasteiger partial charge in [0, 0.05) is 16.3 Å². The number of anilines is 1. The van der Waals surface area contributed by atoms with Crippen molar-refractivity contribution in [2.75, 3.05) is 11.9 Å². The Morgan fingerprint density at radius 3 is 2.57 bits per heavy atom. The fraction of sp³-hybridized carbons (Fsp3) is 0.0952.